The van der Waals surface area contributed by atoms with Crippen LogP contribution < -0.4 is 0 Å². The maximum absolute atomic E-state index is 10.1. The molecule has 0 spiro atoms. The Bertz CT molecular complexity index is 4460. The minimum atomic E-state index is -1.10. The molecule has 0 radical (unpaired) electrons. The predicted molar refractivity (Wildman–Crippen MR) is 208 cm³/mol. The second kappa shape index (κ2) is 11.1. The Labute approximate surface area is 326 Å². The maximum atomic E-state index is 10.1. The van der Waals surface area contributed by atoms with Gasteiger partial charge in [0.1, 0.15) is 11.3 Å². The summed E-state index contributed by atoms with van der Waals surface area (Å²) in [6, 6.07) is -30.2. The zero-order valence-corrected chi connectivity index (χ0v) is 24.4. The van der Waals surface area contributed by atoms with Gasteiger partial charge < -0.3 is 4.42 Å². The Kier molecular flexibility index (Phi) is 2.50. The molecular formula is C48H30O. The van der Waals surface area contributed by atoms with E-state index in [1.54, 1.807) is 0 Å². The van der Waals surface area contributed by atoms with Crippen LogP contribution >= 0.6 is 0 Å². The first-order chi connectivity index (χ1) is 36.8. The van der Waals surface area contributed by atoms with Crippen molar-refractivity contribution in [3.05, 3.63) is 181 Å². The van der Waals surface area contributed by atoms with Gasteiger partial charge in [-0.05, 0) is 72.0 Å². The molecule has 0 aliphatic heterocycles. The lowest BCUT2D eigenvalue weighted by Crippen LogP contribution is -1.92. The lowest BCUT2D eigenvalue weighted by molar-refractivity contribution is 0.633. The standard InChI is InChI=1S/C48H30O/c1-3-14-31(15-4-1)35-28-29-43-42(30-35)47(48(49-43)41-25-13-19-34-27-26-32-16-7-8-20-36(32)44(34)41)46-39-23-11-9-21-37(39)45(33-17-5-2-6-18-33)38-22-10-12-24-40(38)46/h1-30H/i1D,2D,3D,4D,5D,6D,7D,8D,9D,10D,11D,12D,13D,14D,15D,16D,17D,18D,19D,20D,21D,22D,23D,24D,25D,26D,27D,28D,29D,30D. The quantitative estimate of drug-likeness (QED) is 0.136. The van der Waals surface area contributed by atoms with Gasteiger partial charge >= 0.3 is 0 Å². The molecule has 0 saturated heterocycles. The first-order valence-corrected chi connectivity index (χ1v) is 14.4. The van der Waals surface area contributed by atoms with Crippen molar-refractivity contribution in [3.63, 3.8) is 0 Å². The van der Waals surface area contributed by atoms with Crippen LogP contribution in [-0.4, -0.2) is 0 Å². The van der Waals surface area contributed by atoms with E-state index >= 15 is 0 Å². The summed E-state index contributed by atoms with van der Waals surface area (Å²) in [4.78, 5) is 0. The van der Waals surface area contributed by atoms with E-state index in [1.807, 2.05) is 0 Å². The van der Waals surface area contributed by atoms with E-state index in [-0.39, 0.29) is 0 Å². The van der Waals surface area contributed by atoms with Crippen molar-refractivity contribution in [2.24, 2.45) is 0 Å². The van der Waals surface area contributed by atoms with Crippen molar-refractivity contribution in [1.82, 2.24) is 0 Å². The summed E-state index contributed by atoms with van der Waals surface area (Å²) in [6.07, 6.45) is 0. The molecule has 0 N–H and O–H groups in total. The van der Waals surface area contributed by atoms with Gasteiger partial charge in [-0.15, -0.1) is 0 Å². The molecule has 228 valence electrons. The number of furan rings is 1. The minimum absolute atomic E-state index is 0.666. The molecule has 10 rings (SSSR count). The number of fused-ring (bicyclic) bond motifs is 6. The molecule has 0 aliphatic carbocycles. The van der Waals surface area contributed by atoms with Gasteiger partial charge in [0.15, 0.2) is 0 Å². The fourth-order valence-electron chi connectivity index (χ4n) is 5.97. The van der Waals surface area contributed by atoms with Gasteiger partial charge in [-0.3, -0.25) is 0 Å². The predicted octanol–water partition coefficient (Wildman–Crippen LogP) is 13.7. The van der Waals surface area contributed by atoms with E-state index < -0.39 is 280 Å². The Morgan fingerprint density at radius 3 is 1.59 bits per heavy atom. The highest BCUT2D eigenvalue weighted by Gasteiger charge is 2.25. The average Bonchev–Trinajstić information content (AvgIpc) is 3.43. The van der Waals surface area contributed by atoms with E-state index in [9.17, 15) is 13.7 Å². The first-order valence-electron chi connectivity index (χ1n) is 29.4. The lowest BCUT2D eigenvalue weighted by atomic mass is 9.84. The van der Waals surface area contributed by atoms with Gasteiger partial charge in [0.2, 0.25) is 0 Å². The number of benzene rings is 9. The number of hydrogen-bond acceptors (Lipinski definition) is 1. The third-order valence-electron chi connectivity index (χ3n) is 7.94. The third kappa shape index (κ3) is 4.33. The molecule has 1 aromatic heterocycles. The minimum Gasteiger partial charge on any atom is -0.455 e. The molecule has 0 atom stereocenters. The van der Waals surface area contributed by atoms with Crippen molar-refractivity contribution in [1.29, 1.82) is 0 Å². The van der Waals surface area contributed by atoms with Crippen LogP contribution in [0.15, 0.2) is 186 Å². The van der Waals surface area contributed by atoms with Gasteiger partial charge in [0.05, 0.1) is 41.1 Å². The molecule has 1 heteroatoms. The monoisotopic (exact) mass is 652 g/mol. The average molecular weight is 653 g/mol. The van der Waals surface area contributed by atoms with Crippen LogP contribution in [-0.2, 0) is 0 Å². The highest BCUT2D eigenvalue weighted by atomic mass is 16.3. The van der Waals surface area contributed by atoms with Crippen LogP contribution in [0.3, 0.4) is 0 Å². The van der Waals surface area contributed by atoms with Crippen LogP contribution in [0, 0.1) is 0 Å². The van der Waals surface area contributed by atoms with Crippen LogP contribution in [0.25, 0.3) is 98.8 Å². The molecule has 0 aliphatic rings. The molecule has 0 amide bonds. The molecule has 1 heterocycles. The van der Waals surface area contributed by atoms with Crippen molar-refractivity contribution >= 4 is 54.1 Å². The fraction of sp³-hybridized carbons (Fsp3) is 0. The Balaban J connectivity index is 1.66. The second-order valence-electron chi connectivity index (χ2n) is 10.5. The largest absolute Gasteiger partial charge is 0.455 e. The lowest BCUT2D eigenvalue weighted by Gasteiger charge is -2.18. The molecule has 0 unspecified atom stereocenters. The van der Waals surface area contributed by atoms with Crippen LogP contribution in [0.1, 0.15) is 41.1 Å². The summed E-state index contributed by atoms with van der Waals surface area (Å²) in [5.74, 6) is -0.984. The van der Waals surface area contributed by atoms with Crippen molar-refractivity contribution in [3.8, 4) is 44.7 Å². The third-order valence-corrected chi connectivity index (χ3v) is 7.94. The van der Waals surface area contributed by atoms with E-state index in [0.29, 0.717) is 0 Å². The number of rotatable bonds is 4. The smallest absolute Gasteiger partial charge is 0.143 e. The SMILES string of the molecule is [2H]c1c([2H])c([2H])c(-c2c([2H])c([2H])c3oc(-c4c([2H])c([2H])c([2H])c5c([2H])c([2H])c6c([2H])c([2H])c([2H])c([2H])c6c45)c(-c4c5c([2H])c([2H])c([2H])c([2H])c5c(-c5c([2H])c([2H])c([2H])c([2H])c5[2H])c5c([2H])c([2H])c([2H])c([2H])c45)c3c2[2H])c([2H])c1[2H]. The summed E-state index contributed by atoms with van der Waals surface area (Å²) >= 11 is 0. The van der Waals surface area contributed by atoms with Gasteiger partial charge in [-0.1, -0.05) is 169 Å². The highest BCUT2D eigenvalue weighted by Crippen LogP contribution is 2.51. The van der Waals surface area contributed by atoms with Crippen LogP contribution in [0.2, 0.25) is 0 Å². The molecule has 1 nitrogen and oxygen atoms in total. The van der Waals surface area contributed by atoms with Crippen LogP contribution in [0.4, 0.5) is 0 Å². The Morgan fingerprint density at radius 2 is 0.898 bits per heavy atom. The topological polar surface area (TPSA) is 13.1 Å². The summed E-state index contributed by atoms with van der Waals surface area (Å²) in [5.41, 5.74) is -6.84. The fourth-order valence-corrected chi connectivity index (χ4v) is 5.97. The summed E-state index contributed by atoms with van der Waals surface area (Å²) in [5, 5.41) is -6.92. The van der Waals surface area contributed by atoms with E-state index in [1.165, 1.54) is 0 Å². The zero-order chi connectivity index (χ0) is 58.4. The Morgan fingerprint density at radius 1 is 0.347 bits per heavy atom. The van der Waals surface area contributed by atoms with Crippen molar-refractivity contribution in [2.45, 2.75) is 0 Å². The molecule has 10 aromatic rings. The molecule has 49 heavy (non-hydrogen) atoms. The summed E-state index contributed by atoms with van der Waals surface area (Å²) in [7, 11) is 0. The van der Waals surface area contributed by atoms with Gasteiger partial charge in [-0.2, -0.15) is 0 Å². The highest BCUT2D eigenvalue weighted by molar-refractivity contribution is 6.26. The van der Waals surface area contributed by atoms with Crippen molar-refractivity contribution in [2.75, 3.05) is 0 Å². The van der Waals surface area contributed by atoms with Crippen LogP contribution in [0.5, 0.6) is 0 Å². The molecule has 0 fully saturated rings. The van der Waals surface area contributed by atoms with Gasteiger partial charge in [0, 0.05) is 27.5 Å². The van der Waals surface area contributed by atoms with Gasteiger partial charge in [0.25, 0.3) is 0 Å². The second-order valence-corrected chi connectivity index (χ2v) is 10.5. The normalized spacial score (nSPS) is 20.2. The van der Waals surface area contributed by atoms with E-state index in [4.69, 9.17) is 31.8 Å². The molecular weight excluding hydrogens is 593 g/mol. The molecule has 0 saturated carbocycles. The summed E-state index contributed by atoms with van der Waals surface area (Å²) < 4.78 is 278. The Hall–Kier alpha value is -6.44. The molecule has 0 bridgehead atoms. The number of hydrogen-bond donors (Lipinski definition) is 0. The molecule has 9 aromatic carbocycles. The van der Waals surface area contributed by atoms with Gasteiger partial charge in [-0.25, -0.2) is 0 Å². The van der Waals surface area contributed by atoms with E-state index in [2.05, 4.69) is 0 Å². The van der Waals surface area contributed by atoms with E-state index in [0.717, 1.165) is 0 Å². The zero-order valence-electron chi connectivity index (χ0n) is 54.4. The first kappa shape index (κ1) is 11.1. The summed E-state index contributed by atoms with van der Waals surface area (Å²) in [6.45, 7) is 0. The maximum Gasteiger partial charge on any atom is 0.143 e. The van der Waals surface area contributed by atoms with Crippen molar-refractivity contribution < 1.29 is 45.5 Å².